The molecule has 1 rings (SSSR count). The zero-order chi connectivity index (χ0) is 8.97. The number of hydrogen-bond donors (Lipinski definition) is 3. The fourth-order valence-corrected chi connectivity index (χ4v) is 1.97. The van der Waals surface area contributed by atoms with E-state index in [2.05, 4.69) is 5.32 Å². The van der Waals surface area contributed by atoms with Crippen molar-refractivity contribution in [2.45, 2.75) is 25.9 Å². The molecule has 1 heterocycles. The fourth-order valence-electron chi connectivity index (χ4n) is 1.97. The summed E-state index contributed by atoms with van der Waals surface area (Å²) in [6.07, 6.45) is 1.78. The highest BCUT2D eigenvalue weighted by molar-refractivity contribution is 4.78. The van der Waals surface area contributed by atoms with Gasteiger partial charge in [0.2, 0.25) is 0 Å². The van der Waals surface area contributed by atoms with E-state index in [-0.39, 0.29) is 18.6 Å². The topological polar surface area (TPSA) is 52.5 Å². The zero-order valence-corrected chi connectivity index (χ0v) is 7.66. The highest BCUT2D eigenvalue weighted by Gasteiger charge is 2.26. The van der Waals surface area contributed by atoms with Crippen molar-refractivity contribution < 1.29 is 10.2 Å². The van der Waals surface area contributed by atoms with Gasteiger partial charge in [-0.05, 0) is 38.8 Å². The van der Waals surface area contributed by atoms with Crippen LogP contribution in [0, 0.1) is 11.8 Å². The second-order valence-corrected chi connectivity index (χ2v) is 3.67. The van der Waals surface area contributed by atoms with Gasteiger partial charge in [0.25, 0.3) is 0 Å². The first-order valence-electron chi connectivity index (χ1n) is 4.75. The lowest BCUT2D eigenvalue weighted by molar-refractivity contribution is 0.0346. The third-order valence-electron chi connectivity index (χ3n) is 2.82. The highest BCUT2D eigenvalue weighted by atomic mass is 16.3. The van der Waals surface area contributed by atoms with E-state index < -0.39 is 0 Å². The van der Waals surface area contributed by atoms with Crippen LogP contribution in [0.2, 0.25) is 0 Å². The largest absolute Gasteiger partial charge is 0.396 e. The Kier molecular flexibility index (Phi) is 3.98. The summed E-state index contributed by atoms with van der Waals surface area (Å²) in [4.78, 5) is 0. The average Bonchev–Trinajstić information content (AvgIpc) is 2.07. The Labute approximate surface area is 73.8 Å². The lowest BCUT2D eigenvalue weighted by Gasteiger charge is -2.31. The van der Waals surface area contributed by atoms with Crippen LogP contribution in [0.3, 0.4) is 0 Å². The molecule has 3 heteroatoms. The van der Waals surface area contributed by atoms with Crippen LogP contribution >= 0.6 is 0 Å². The summed E-state index contributed by atoms with van der Waals surface area (Å²) in [5, 5.41) is 21.7. The molecule has 1 aliphatic rings. The summed E-state index contributed by atoms with van der Waals surface area (Å²) in [6.45, 7) is 3.92. The predicted molar refractivity (Wildman–Crippen MR) is 47.9 cm³/mol. The zero-order valence-electron chi connectivity index (χ0n) is 7.66. The minimum absolute atomic E-state index is 0.0760. The van der Waals surface area contributed by atoms with Gasteiger partial charge in [-0.25, -0.2) is 0 Å². The third kappa shape index (κ3) is 2.44. The number of piperidine rings is 1. The van der Waals surface area contributed by atoms with Crippen LogP contribution in [0.4, 0.5) is 0 Å². The molecule has 1 saturated heterocycles. The predicted octanol–water partition coefficient (Wildman–Crippen LogP) is -0.0247. The Morgan fingerprint density at radius 2 is 2.00 bits per heavy atom. The second kappa shape index (κ2) is 4.80. The van der Waals surface area contributed by atoms with Crippen molar-refractivity contribution in [2.24, 2.45) is 11.8 Å². The summed E-state index contributed by atoms with van der Waals surface area (Å²) >= 11 is 0. The monoisotopic (exact) mass is 173 g/mol. The Balaban J connectivity index is 2.40. The molecular weight excluding hydrogens is 154 g/mol. The van der Waals surface area contributed by atoms with Crippen molar-refractivity contribution in [3.8, 4) is 0 Å². The molecule has 0 amide bonds. The van der Waals surface area contributed by atoms with E-state index in [0.717, 1.165) is 25.9 Å². The Morgan fingerprint density at radius 3 is 2.42 bits per heavy atom. The van der Waals surface area contributed by atoms with Gasteiger partial charge in [-0.15, -0.1) is 0 Å². The van der Waals surface area contributed by atoms with Crippen molar-refractivity contribution in [1.82, 2.24) is 5.32 Å². The maximum atomic E-state index is 9.38. The van der Waals surface area contributed by atoms with Crippen molar-refractivity contribution >= 4 is 0 Å². The first kappa shape index (κ1) is 9.96. The average molecular weight is 173 g/mol. The minimum atomic E-state index is -0.377. The van der Waals surface area contributed by atoms with E-state index in [4.69, 9.17) is 5.11 Å². The molecular formula is C9H19NO2. The van der Waals surface area contributed by atoms with E-state index in [9.17, 15) is 5.11 Å². The van der Waals surface area contributed by atoms with Crippen molar-refractivity contribution in [2.75, 3.05) is 19.7 Å². The molecule has 3 nitrogen and oxygen atoms in total. The van der Waals surface area contributed by atoms with Crippen molar-refractivity contribution in [1.29, 1.82) is 0 Å². The standard InChI is InChI=1S/C9H19NO2/c1-7(12)9(6-11)8-2-4-10-5-3-8/h7-12H,2-6H2,1H3. The van der Waals surface area contributed by atoms with Gasteiger partial charge < -0.3 is 15.5 Å². The number of aliphatic hydroxyl groups excluding tert-OH is 2. The van der Waals surface area contributed by atoms with Gasteiger partial charge in [-0.3, -0.25) is 0 Å². The quantitative estimate of drug-likeness (QED) is 0.562. The molecule has 1 fully saturated rings. The summed E-state index contributed by atoms with van der Waals surface area (Å²) in [7, 11) is 0. The summed E-state index contributed by atoms with van der Waals surface area (Å²) in [5.41, 5.74) is 0. The van der Waals surface area contributed by atoms with Crippen LogP contribution in [-0.4, -0.2) is 36.0 Å². The molecule has 0 aromatic heterocycles. The molecule has 0 aliphatic carbocycles. The molecule has 0 aromatic rings. The Bertz CT molecular complexity index is 122. The maximum absolute atomic E-state index is 9.38. The second-order valence-electron chi connectivity index (χ2n) is 3.67. The van der Waals surface area contributed by atoms with Gasteiger partial charge in [0, 0.05) is 12.5 Å². The number of nitrogens with one attached hydrogen (secondary N) is 1. The molecule has 0 saturated carbocycles. The molecule has 0 spiro atoms. The van der Waals surface area contributed by atoms with Crippen LogP contribution in [0.25, 0.3) is 0 Å². The van der Waals surface area contributed by atoms with E-state index in [1.807, 2.05) is 0 Å². The number of hydrogen-bond acceptors (Lipinski definition) is 3. The SMILES string of the molecule is CC(O)C(CO)C1CCNCC1. The Hall–Kier alpha value is -0.120. The van der Waals surface area contributed by atoms with Gasteiger partial charge >= 0.3 is 0 Å². The van der Waals surface area contributed by atoms with Crippen molar-refractivity contribution in [3.63, 3.8) is 0 Å². The van der Waals surface area contributed by atoms with E-state index >= 15 is 0 Å². The van der Waals surface area contributed by atoms with E-state index in [0.29, 0.717) is 5.92 Å². The van der Waals surface area contributed by atoms with Crippen LogP contribution in [-0.2, 0) is 0 Å². The molecule has 72 valence electrons. The van der Waals surface area contributed by atoms with Gasteiger partial charge in [0.1, 0.15) is 0 Å². The fraction of sp³-hybridized carbons (Fsp3) is 1.00. The van der Waals surface area contributed by atoms with Crippen LogP contribution in [0.15, 0.2) is 0 Å². The smallest absolute Gasteiger partial charge is 0.0564 e. The summed E-state index contributed by atoms with van der Waals surface area (Å²) in [6, 6.07) is 0. The van der Waals surface area contributed by atoms with Crippen LogP contribution in [0.1, 0.15) is 19.8 Å². The lowest BCUT2D eigenvalue weighted by atomic mass is 9.82. The van der Waals surface area contributed by atoms with Gasteiger partial charge in [0.15, 0.2) is 0 Å². The summed E-state index contributed by atoms with van der Waals surface area (Å²) in [5.74, 6) is 0.573. The van der Waals surface area contributed by atoms with Crippen molar-refractivity contribution in [3.05, 3.63) is 0 Å². The number of rotatable bonds is 3. The van der Waals surface area contributed by atoms with Gasteiger partial charge in [-0.1, -0.05) is 0 Å². The maximum Gasteiger partial charge on any atom is 0.0564 e. The molecule has 3 N–H and O–H groups in total. The molecule has 0 aromatic carbocycles. The first-order chi connectivity index (χ1) is 5.75. The Morgan fingerprint density at radius 1 is 1.42 bits per heavy atom. The molecule has 0 radical (unpaired) electrons. The molecule has 12 heavy (non-hydrogen) atoms. The van der Waals surface area contributed by atoms with E-state index in [1.54, 1.807) is 6.92 Å². The molecule has 0 bridgehead atoms. The van der Waals surface area contributed by atoms with Gasteiger partial charge in [-0.2, -0.15) is 0 Å². The van der Waals surface area contributed by atoms with E-state index in [1.165, 1.54) is 0 Å². The molecule has 2 unspecified atom stereocenters. The third-order valence-corrected chi connectivity index (χ3v) is 2.82. The molecule has 2 atom stereocenters. The highest BCUT2D eigenvalue weighted by Crippen LogP contribution is 2.24. The lowest BCUT2D eigenvalue weighted by Crippen LogP contribution is -2.37. The number of aliphatic hydroxyl groups is 2. The first-order valence-corrected chi connectivity index (χ1v) is 4.75. The van der Waals surface area contributed by atoms with Gasteiger partial charge in [0.05, 0.1) is 6.10 Å². The minimum Gasteiger partial charge on any atom is -0.396 e. The normalized spacial score (nSPS) is 25.2. The van der Waals surface area contributed by atoms with Crippen LogP contribution < -0.4 is 5.32 Å². The summed E-state index contributed by atoms with van der Waals surface area (Å²) < 4.78 is 0. The van der Waals surface area contributed by atoms with Crippen LogP contribution in [0.5, 0.6) is 0 Å². The molecule has 1 aliphatic heterocycles.